The van der Waals surface area contributed by atoms with Crippen molar-refractivity contribution in [2.24, 2.45) is 4.99 Å². The maximum absolute atomic E-state index is 4.95. The molecule has 6 nitrogen and oxygen atoms in total. The van der Waals surface area contributed by atoms with Crippen molar-refractivity contribution in [2.75, 3.05) is 51.7 Å². The molecule has 0 bridgehead atoms. The first-order valence-electron chi connectivity index (χ1n) is 10.1. The summed E-state index contributed by atoms with van der Waals surface area (Å²) in [5.41, 5.74) is 2.63. The molecule has 0 aliphatic carbocycles. The van der Waals surface area contributed by atoms with E-state index in [1.165, 1.54) is 11.1 Å². The molecule has 1 aromatic heterocycles. The molecule has 1 aliphatic rings. The average molecular weight is 381 g/mol. The predicted octanol–water partition coefficient (Wildman–Crippen LogP) is 2.43. The summed E-state index contributed by atoms with van der Waals surface area (Å²) in [6.07, 6.45) is 1.86. The highest BCUT2D eigenvalue weighted by Gasteiger charge is 2.20. The lowest BCUT2D eigenvalue weighted by Gasteiger charge is -2.37. The number of anilines is 1. The summed E-state index contributed by atoms with van der Waals surface area (Å²) in [5, 5.41) is 3.47. The van der Waals surface area contributed by atoms with Crippen LogP contribution in [-0.2, 0) is 13.1 Å². The van der Waals surface area contributed by atoms with E-state index in [1.807, 2.05) is 18.3 Å². The lowest BCUT2D eigenvalue weighted by atomic mass is 10.1. The normalized spacial score (nSPS) is 15.2. The number of guanidine groups is 1. The Labute approximate surface area is 168 Å². The van der Waals surface area contributed by atoms with Crippen LogP contribution in [0.2, 0.25) is 0 Å². The van der Waals surface area contributed by atoms with Crippen molar-refractivity contribution >= 4 is 11.8 Å². The molecule has 2 aromatic rings. The number of piperazine rings is 1. The zero-order valence-electron chi connectivity index (χ0n) is 17.3. The van der Waals surface area contributed by atoms with Crippen molar-refractivity contribution in [3.8, 4) is 0 Å². The number of rotatable bonds is 6. The van der Waals surface area contributed by atoms with Crippen molar-refractivity contribution < 1.29 is 0 Å². The van der Waals surface area contributed by atoms with Gasteiger partial charge in [-0.2, -0.15) is 0 Å². The molecule has 1 aromatic carbocycles. The molecule has 0 amide bonds. The van der Waals surface area contributed by atoms with Crippen LogP contribution < -0.4 is 10.2 Å². The Balaban J connectivity index is 1.65. The van der Waals surface area contributed by atoms with Gasteiger partial charge < -0.3 is 20.0 Å². The molecule has 0 spiro atoms. The highest BCUT2D eigenvalue weighted by molar-refractivity contribution is 5.80. The number of aromatic nitrogens is 1. The first kappa shape index (κ1) is 20.1. The lowest BCUT2D eigenvalue weighted by molar-refractivity contribution is 0.371. The fraction of sp³-hybridized carbons (Fsp3) is 0.455. The van der Waals surface area contributed by atoms with Gasteiger partial charge in [-0.3, -0.25) is 0 Å². The van der Waals surface area contributed by atoms with Crippen molar-refractivity contribution in [1.29, 1.82) is 0 Å². The zero-order valence-corrected chi connectivity index (χ0v) is 17.3. The van der Waals surface area contributed by atoms with Crippen LogP contribution in [0.3, 0.4) is 0 Å². The van der Waals surface area contributed by atoms with Crippen molar-refractivity contribution in [1.82, 2.24) is 20.1 Å². The molecule has 6 heteroatoms. The SMILES string of the molecule is CCNC(=NCc1ccccc1CN(C)C)N1CCN(c2ccccn2)CC1. The van der Waals surface area contributed by atoms with E-state index >= 15 is 0 Å². The van der Waals surface area contributed by atoms with E-state index in [1.54, 1.807) is 0 Å². The molecule has 1 N–H and O–H groups in total. The van der Waals surface area contributed by atoms with E-state index in [0.717, 1.165) is 51.0 Å². The Bertz CT molecular complexity index is 751. The van der Waals surface area contributed by atoms with Crippen LogP contribution in [0, 0.1) is 0 Å². The maximum atomic E-state index is 4.95. The molecule has 0 radical (unpaired) electrons. The lowest BCUT2D eigenvalue weighted by Crippen LogP contribution is -2.52. The molecule has 1 aliphatic heterocycles. The minimum absolute atomic E-state index is 0.701. The van der Waals surface area contributed by atoms with E-state index in [0.29, 0.717) is 6.54 Å². The first-order valence-corrected chi connectivity index (χ1v) is 10.1. The van der Waals surface area contributed by atoms with Crippen molar-refractivity contribution in [3.05, 3.63) is 59.8 Å². The topological polar surface area (TPSA) is 47.0 Å². The first-order chi connectivity index (χ1) is 13.7. The Morgan fingerprint density at radius 1 is 1.04 bits per heavy atom. The fourth-order valence-corrected chi connectivity index (χ4v) is 3.48. The monoisotopic (exact) mass is 380 g/mol. The summed E-state index contributed by atoms with van der Waals surface area (Å²) in [6.45, 7) is 8.44. The number of hydrogen-bond donors (Lipinski definition) is 1. The molecule has 0 atom stereocenters. The number of benzene rings is 1. The molecule has 2 heterocycles. The van der Waals surface area contributed by atoms with Crippen LogP contribution in [0.5, 0.6) is 0 Å². The second kappa shape index (κ2) is 10.1. The van der Waals surface area contributed by atoms with E-state index < -0.39 is 0 Å². The summed E-state index contributed by atoms with van der Waals surface area (Å²) in [4.78, 5) is 16.3. The van der Waals surface area contributed by atoms with Gasteiger partial charge in [0, 0.05) is 45.5 Å². The van der Waals surface area contributed by atoms with Gasteiger partial charge in [0.15, 0.2) is 5.96 Å². The average Bonchev–Trinajstić information content (AvgIpc) is 2.72. The van der Waals surface area contributed by atoms with Gasteiger partial charge in [0.1, 0.15) is 5.82 Å². The van der Waals surface area contributed by atoms with Crippen LogP contribution in [0.1, 0.15) is 18.1 Å². The fourth-order valence-electron chi connectivity index (χ4n) is 3.48. The maximum Gasteiger partial charge on any atom is 0.194 e. The molecule has 1 fully saturated rings. The van der Waals surface area contributed by atoms with Gasteiger partial charge in [0.2, 0.25) is 0 Å². The molecule has 1 saturated heterocycles. The van der Waals surface area contributed by atoms with Gasteiger partial charge >= 0.3 is 0 Å². The van der Waals surface area contributed by atoms with E-state index in [2.05, 4.69) is 76.4 Å². The highest BCUT2D eigenvalue weighted by atomic mass is 15.4. The van der Waals surface area contributed by atoms with Crippen LogP contribution >= 0.6 is 0 Å². The van der Waals surface area contributed by atoms with Crippen LogP contribution in [0.25, 0.3) is 0 Å². The van der Waals surface area contributed by atoms with Crippen LogP contribution in [0.4, 0.5) is 5.82 Å². The van der Waals surface area contributed by atoms with E-state index in [4.69, 9.17) is 4.99 Å². The summed E-state index contributed by atoms with van der Waals surface area (Å²) in [5.74, 6) is 2.06. The summed E-state index contributed by atoms with van der Waals surface area (Å²) in [6, 6.07) is 14.7. The Morgan fingerprint density at radius 2 is 1.75 bits per heavy atom. The third-order valence-electron chi connectivity index (χ3n) is 4.89. The third kappa shape index (κ3) is 5.45. The number of pyridine rings is 1. The van der Waals surface area contributed by atoms with Gasteiger partial charge in [0.25, 0.3) is 0 Å². The number of nitrogens with one attached hydrogen (secondary N) is 1. The van der Waals surface area contributed by atoms with Crippen molar-refractivity contribution in [3.63, 3.8) is 0 Å². The summed E-state index contributed by atoms with van der Waals surface area (Å²) >= 11 is 0. The molecule has 0 saturated carbocycles. The van der Waals surface area contributed by atoms with Gasteiger partial charge in [-0.05, 0) is 44.3 Å². The van der Waals surface area contributed by atoms with Crippen LogP contribution in [0.15, 0.2) is 53.7 Å². The van der Waals surface area contributed by atoms with E-state index in [9.17, 15) is 0 Å². The van der Waals surface area contributed by atoms with Crippen molar-refractivity contribution in [2.45, 2.75) is 20.0 Å². The Morgan fingerprint density at radius 3 is 2.39 bits per heavy atom. The minimum Gasteiger partial charge on any atom is -0.357 e. The highest BCUT2D eigenvalue weighted by Crippen LogP contribution is 2.14. The van der Waals surface area contributed by atoms with Gasteiger partial charge in [-0.1, -0.05) is 30.3 Å². The smallest absolute Gasteiger partial charge is 0.194 e. The predicted molar refractivity (Wildman–Crippen MR) is 117 cm³/mol. The second-order valence-electron chi connectivity index (χ2n) is 7.34. The number of hydrogen-bond acceptors (Lipinski definition) is 4. The third-order valence-corrected chi connectivity index (χ3v) is 4.89. The molecule has 0 unspecified atom stereocenters. The standard InChI is InChI=1S/C22H32N6/c1-4-23-22(25-17-19-9-5-6-10-20(19)18-26(2)3)28-15-13-27(14-16-28)21-11-7-8-12-24-21/h5-12H,4,13-18H2,1-3H3,(H,23,25). The molecule has 3 rings (SSSR count). The largest absolute Gasteiger partial charge is 0.357 e. The van der Waals surface area contributed by atoms with Gasteiger partial charge in [-0.25, -0.2) is 9.98 Å². The van der Waals surface area contributed by atoms with Gasteiger partial charge in [-0.15, -0.1) is 0 Å². The summed E-state index contributed by atoms with van der Waals surface area (Å²) < 4.78 is 0. The van der Waals surface area contributed by atoms with Crippen LogP contribution in [-0.4, -0.2) is 67.6 Å². The number of aliphatic imine (C=N–C) groups is 1. The second-order valence-corrected chi connectivity index (χ2v) is 7.34. The van der Waals surface area contributed by atoms with E-state index in [-0.39, 0.29) is 0 Å². The minimum atomic E-state index is 0.701. The zero-order chi connectivity index (χ0) is 19.8. The Kier molecular flexibility index (Phi) is 7.25. The van der Waals surface area contributed by atoms with Gasteiger partial charge in [0.05, 0.1) is 6.54 Å². The Hall–Kier alpha value is -2.60. The molecular formula is C22H32N6. The quantitative estimate of drug-likeness (QED) is 0.616. The summed E-state index contributed by atoms with van der Waals surface area (Å²) in [7, 11) is 4.20. The molecular weight excluding hydrogens is 348 g/mol. The molecule has 150 valence electrons. The number of nitrogens with zero attached hydrogens (tertiary/aromatic N) is 5. The molecule has 28 heavy (non-hydrogen) atoms.